The van der Waals surface area contributed by atoms with Crippen LogP contribution >= 0.6 is 0 Å². The highest BCUT2D eigenvalue weighted by molar-refractivity contribution is 5.95. The topological polar surface area (TPSA) is 40.9 Å². The quantitative estimate of drug-likeness (QED) is 0.644. The Morgan fingerprint density at radius 1 is 1.54 bits per heavy atom. The lowest BCUT2D eigenvalue weighted by Crippen LogP contribution is -1.99. The standard InChI is InChI=1S/C11H11NO/c1-3-10-5-4-9(7-12)6-11(10)8(2)13/h4-6H,3H2,1-2H3. The summed E-state index contributed by atoms with van der Waals surface area (Å²) in [7, 11) is 0. The SMILES string of the molecule is CCc1ccc(C#N)cc1C(C)=O. The first kappa shape index (κ1) is 9.47. The zero-order chi connectivity index (χ0) is 9.84. The van der Waals surface area contributed by atoms with Crippen molar-refractivity contribution in [3.05, 3.63) is 34.9 Å². The number of aryl methyl sites for hydroxylation is 1. The minimum absolute atomic E-state index is 0.0222. The molecule has 0 aliphatic carbocycles. The van der Waals surface area contributed by atoms with Gasteiger partial charge in [-0.1, -0.05) is 13.0 Å². The van der Waals surface area contributed by atoms with Crippen LogP contribution in [0.3, 0.4) is 0 Å². The van der Waals surface area contributed by atoms with E-state index in [2.05, 4.69) is 0 Å². The van der Waals surface area contributed by atoms with Crippen molar-refractivity contribution in [2.24, 2.45) is 0 Å². The van der Waals surface area contributed by atoms with Crippen LogP contribution in [0.4, 0.5) is 0 Å². The zero-order valence-electron chi connectivity index (χ0n) is 7.79. The van der Waals surface area contributed by atoms with Gasteiger partial charge < -0.3 is 0 Å². The average molecular weight is 173 g/mol. The third-order valence-electron chi connectivity index (χ3n) is 2.00. The number of Topliss-reactive ketones (excluding diaryl/α,β-unsaturated/α-hetero) is 1. The molecule has 0 fully saturated rings. The molecule has 0 aliphatic rings. The van der Waals surface area contributed by atoms with E-state index < -0.39 is 0 Å². The largest absolute Gasteiger partial charge is 0.295 e. The van der Waals surface area contributed by atoms with E-state index in [1.165, 1.54) is 6.92 Å². The molecule has 1 aromatic rings. The second-order valence-electron chi connectivity index (χ2n) is 2.89. The minimum atomic E-state index is 0.0222. The van der Waals surface area contributed by atoms with E-state index >= 15 is 0 Å². The van der Waals surface area contributed by atoms with Crippen molar-refractivity contribution in [3.8, 4) is 6.07 Å². The Morgan fingerprint density at radius 2 is 2.23 bits per heavy atom. The van der Waals surface area contributed by atoms with Crippen molar-refractivity contribution in [2.75, 3.05) is 0 Å². The van der Waals surface area contributed by atoms with Gasteiger partial charge in [0.25, 0.3) is 0 Å². The molecule has 2 nitrogen and oxygen atoms in total. The molecule has 0 aromatic heterocycles. The highest BCUT2D eigenvalue weighted by Crippen LogP contribution is 2.12. The number of rotatable bonds is 2. The van der Waals surface area contributed by atoms with Crippen molar-refractivity contribution < 1.29 is 4.79 Å². The second kappa shape index (κ2) is 3.86. The number of carbonyl (C=O) groups is 1. The molecule has 0 saturated heterocycles. The predicted octanol–water partition coefficient (Wildman–Crippen LogP) is 2.32. The summed E-state index contributed by atoms with van der Waals surface area (Å²) in [4.78, 5) is 11.2. The summed E-state index contributed by atoms with van der Waals surface area (Å²) in [6, 6.07) is 7.26. The second-order valence-corrected chi connectivity index (χ2v) is 2.89. The molecule has 0 radical (unpaired) electrons. The van der Waals surface area contributed by atoms with E-state index in [1.54, 1.807) is 12.1 Å². The summed E-state index contributed by atoms with van der Waals surface area (Å²) < 4.78 is 0. The summed E-state index contributed by atoms with van der Waals surface area (Å²) in [6.45, 7) is 3.52. The van der Waals surface area contributed by atoms with Gasteiger partial charge in [-0.3, -0.25) is 4.79 Å². The van der Waals surface area contributed by atoms with Crippen LogP contribution in [0.5, 0.6) is 0 Å². The first-order valence-electron chi connectivity index (χ1n) is 4.23. The van der Waals surface area contributed by atoms with Crippen LogP contribution in [-0.2, 0) is 6.42 Å². The van der Waals surface area contributed by atoms with E-state index in [4.69, 9.17) is 5.26 Å². The van der Waals surface area contributed by atoms with Gasteiger partial charge >= 0.3 is 0 Å². The van der Waals surface area contributed by atoms with Gasteiger partial charge in [0.1, 0.15) is 0 Å². The third kappa shape index (κ3) is 1.94. The predicted molar refractivity (Wildman–Crippen MR) is 50.5 cm³/mol. The van der Waals surface area contributed by atoms with Gasteiger partial charge in [-0.2, -0.15) is 5.26 Å². The lowest BCUT2D eigenvalue weighted by molar-refractivity contribution is 0.101. The maximum atomic E-state index is 11.2. The Kier molecular flexibility index (Phi) is 2.81. The number of hydrogen-bond acceptors (Lipinski definition) is 2. The molecule has 1 rings (SSSR count). The monoisotopic (exact) mass is 173 g/mol. The van der Waals surface area contributed by atoms with Crippen LogP contribution in [0.2, 0.25) is 0 Å². The van der Waals surface area contributed by atoms with Crippen molar-refractivity contribution in [1.82, 2.24) is 0 Å². The number of benzene rings is 1. The van der Waals surface area contributed by atoms with Crippen LogP contribution in [0.15, 0.2) is 18.2 Å². The highest BCUT2D eigenvalue weighted by atomic mass is 16.1. The fourth-order valence-electron chi connectivity index (χ4n) is 1.28. The molecule has 13 heavy (non-hydrogen) atoms. The minimum Gasteiger partial charge on any atom is -0.295 e. The molecule has 0 unspecified atom stereocenters. The van der Waals surface area contributed by atoms with Gasteiger partial charge in [-0.05, 0) is 31.0 Å². The Hall–Kier alpha value is -1.62. The molecule has 1 aromatic carbocycles. The normalized spacial score (nSPS) is 9.31. The molecule has 0 N–H and O–H groups in total. The van der Waals surface area contributed by atoms with Crippen molar-refractivity contribution in [2.45, 2.75) is 20.3 Å². The molecule has 0 heterocycles. The maximum absolute atomic E-state index is 11.2. The van der Waals surface area contributed by atoms with Gasteiger partial charge in [0, 0.05) is 5.56 Å². The summed E-state index contributed by atoms with van der Waals surface area (Å²) >= 11 is 0. The average Bonchev–Trinajstić information content (AvgIpc) is 2.16. The Labute approximate surface area is 77.8 Å². The van der Waals surface area contributed by atoms with E-state index in [9.17, 15) is 4.79 Å². The molecule has 2 heteroatoms. The van der Waals surface area contributed by atoms with Crippen LogP contribution in [-0.4, -0.2) is 5.78 Å². The maximum Gasteiger partial charge on any atom is 0.160 e. The molecule has 0 bridgehead atoms. The van der Waals surface area contributed by atoms with Crippen LogP contribution in [0.25, 0.3) is 0 Å². The van der Waals surface area contributed by atoms with Gasteiger partial charge in [0.2, 0.25) is 0 Å². The Morgan fingerprint density at radius 3 is 2.69 bits per heavy atom. The Bertz CT molecular complexity index is 374. The number of nitriles is 1. The lowest BCUT2D eigenvalue weighted by Gasteiger charge is -2.03. The van der Waals surface area contributed by atoms with E-state index in [0.717, 1.165) is 12.0 Å². The smallest absolute Gasteiger partial charge is 0.160 e. The first-order chi connectivity index (χ1) is 6.19. The van der Waals surface area contributed by atoms with E-state index in [0.29, 0.717) is 11.1 Å². The van der Waals surface area contributed by atoms with Crippen LogP contribution in [0.1, 0.15) is 35.3 Å². The molecular formula is C11H11NO. The molecule has 66 valence electrons. The number of nitrogens with zero attached hydrogens (tertiary/aromatic N) is 1. The van der Waals surface area contributed by atoms with E-state index in [1.807, 2.05) is 19.1 Å². The summed E-state index contributed by atoms with van der Waals surface area (Å²) in [5, 5.41) is 8.65. The van der Waals surface area contributed by atoms with Crippen molar-refractivity contribution in [1.29, 1.82) is 5.26 Å². The molecule has 0 atom stereocenters. The van der Waals surface area contributed by atoms with Crippen LogP contribution < -0.4 is 0 Å². The molecule has 0 saturated carbocycles. The highest BCUT2D eigenvalue weighted by Gasteiger charge is 2.06. The summed E-state index contributed by atoms with van der Waals surface area (Å²) in [5.41, 5.74) is 2.22. The fraction of sp³-hybridized carbons (Fsp3) is 0.273. The number of carbonyl (C=O) groups excluding carboxylic acids is 1. The molecule has 0 aliphatic heterocycles. The molecule has 0 amide bonds. The summed E-state index contributed by atoms with van der Waals surface area (Å²) in [6.07, 6.45) is 0.820. The number of ketones is 1. The fourth-order valence-corrected chi connectivity index (χ4v) is 1.28. The Balaban J connectivity index is 3.28. The summed E-state index contributed by atoms with van der Waals surface area (Å²) in [5.74, 6) is 0.0222. The van der Waals surface area contributed by atoms with Crippen molar-refractivity contribution in [3.63, 3.8) is 0 Å². The van der Waals surface area contributed by atoms with Gasteiger partial charge in [-0.25, -0.2) is 0 Å². The van der Waals surface area contributed by atoms with Gasteiger partial charge in [0.15, 0.2) is 5.78 Å². The van der Waals surface area contributed by atoms with Gasteiger partial charge in [-0.15, -0.1) is 0 Å². The first-order valence-corrected chi connectivity index (χ1v) is 4.23. The lowest BCUT2D eigenvalue weighted by atomic mass is 10.00. The number of hydrogen-bond donors (Lipinski definition) is 0. The molecular weight excluding hydrogens is 162 g/mol. The van der Waals surface area contributed by atoms with E-state index in [-0.39, 0.29) is 5.78 Å². The van der Waals surface area contributed by atoms with Crippen molar-refractivity contribution >= 4 is 5.78 Å². The van der Waals surface area contributed by atoms with Crippen LogP contribution in [0, 0.1) is 11.3 Å². The molecule has 0 spiro atoms. The third-order valence-corrected chi connectivity index (χ3v) is 2.00. The zero-order valence-corrected chi connectivity index (χ0v) is 7.79. The van der Waals surface area contributed by atoms with Gasteiger partial charge in [0.05, 0.1) is 11.6 Å².